The van der Waals surface area contributed by atoms with Gasteiger partial charge in [0.15, 0.2) is 0 Å². The summed E-state index contributed by atoms with van der Waals surface area (Å²) < 4.78 is 29.2. The van der Waals surface area contributed by atoms with Crippen molar-refractivity contribution in [2.24, 2.45) is 0 Å². The first kappa shape index (κ1) is 15.9. The zero-order chi connectivity index (χ0) is 16.7. The number of aromatic nitrogens is 4. The normalized spacial score (nSPS) is 16.1. The van der Waals surface area contributed by atoms with E-state index in [0.717, 1.165) is 12.8 Å². The summed E-state index contributed by atoms with van der Waals surface area (Å²) in [5, 5.41) is 4.17. The molecule has 0 radical (unpaired) electrons. The van der Waals surface area contributed by atoms with Crippen LogP contribution in [0.4, 0.5) is 5.82 Å². The molecule has 0 spiro atoms. The quantitative estimate of drug-likeness (QED) is 0.927. The molecule has 23 heavy (non-hydrogen) atoms. The standard InChI is InChI=1S/C15H21N5O2S/c1-15(2,3)14-16-8-7-13(18-14)19-23(21,22)12-9-17-20(10-12)11-5-4-6-11/h7-11H,4-6H2,1-3H3,(H,16,18,19). The Morgan fingerprint density at radius 2 is 2.04 bits per heavy atom. The maximum absolute atomic E-state index is 12.5. The largest absolute Gasteiger partial charge is 0.268 e. The van der Waals surface area contributed by atoms with Gasteiger partial charge >= 0.3 is 0 Å². The van der Waals surface area contributed by atoms with E-state index in [1.54, 1.807) is 23.1 Å². The van der Waals surface area contributed by atoms with Crippen molar-refractivity contribution in [3.05, 3.63) is 30.5 Å². The molecule has 0 atom stereocenters. The average Bonchev–Trinajstić information content (AvgIpc) is 2.85. The number of hydrogen-bond acceptors (Lipinski definition) is 5. The van der Waals surface area contributed by atoms with Crippen LogP contribution >= 0.6 is 0 Å². The fraction of sp³-hybridized carbons (Fsp3) is 0.533. The predicted octanol–water partition coefficient (Wildman–Crippen LogP) is 2.50. The van der Waals surface area contributed by atoms with E-state index in [0.29, 0.717) is 11.9 Å². The van der Waals surface area contributed by atoms with Crippen LogP contribution in [0.25, 0.3) is 0 Å². The third-order valence-corrected chi connectivity index (χ3v) is 5.21. The first-order chi connectivity index (χ1) is 10.8. The van der Waals surface area contributed by atoms with E-state index in [1.165, 1.54) is 12.6 Å². The molecule has 0 bridgehead atoms. The summed E-state index contributed by atoms with van der Waals surface area (Å²) in [4.78, 5) is 8.65. The number of hydrogen-bond donors (Lipinski definition) is 1. The zero-order valence-corrected chi connectivity index (χ0v) is 14.3. The molecule has 7 nitrogen and oxygen atoms in total. The van der Waals surface area contributed by atoms with Crippen LogP contribution in [-0.2, 0) is 15.4 Å². The molecule has 0 aromatic carbocycles. The monoisotopic (exact) mass is 335 g/mol. The average molecular weight is 335 g/mol. The summed E-state index contributed by atoms with van der Waals surface area (Å²) in [6.07, 6.45) is 7.79. The van der Waals surface area contributed by atoms with Crippen molar-refractivity contribution in [2.75, 3.05) is 4.72 Å². The predicted molar refractivity (Wildman–Crippen MR) is 86.7 cm³/mol. The highest BCUT2D eigenvalue weighted by molar-refractivity contribution is 7.92. The second kappa shape index (κ2) is 5.59. The van der Waals surface area contributed by atoms with Crippen LogP contribution in [-0.4, -0.2) is 28.2 Å². The van der Waals surface area contributed by atoms with Crippen molar-refractivity contribution in [1.82, 2.24) is 19.7 Å². The van der Waals surface area contributed by atoms with E-state index >= 15 is 0 Å². The Balaban J connectivity index is 1.82. The van der Waals surface area contributed by atoms with Crippen LogP contribution in [0.5, 0.6) is 0 Å². The number of sulfonamides is 1. The molecule has 1 fully saturated rings. The molecule has 1 N–H and O–H groups in total. The molecule has 2 heterocycles. The molecule has 8 heteroatoms. The molecule has 3 rings (SSSR count). The Morgan fingerprint density at radius 1 is 1.30 bits per heavy atom. The van der Waals surface area contributed by atoms with Crippen molar-refractivity contribution < 1.29 is 8.42 Å². The molecule has 1 saturated carbocycles. The van der Waals surface area contributed by atoms with Gasteiger partial charge < -0.3 is 0 Å². The third kappa shape index (κ3) is 3.36. The summed E-state index contributed by atoms with van der Waals surface area (Å²) in [6, 6.07) is 1.87. The van der Waals surface area contributed by atoms with Gasteiger partial charge in [0, 0.05) is 17.8 Å². The molecular formula is C15H21N5O2S. The lowest BCUT2D eigenvalue weighted by Gasteiger charge is -2.25. The Kier molecular flexibility index (Phi) is 3.87. The molecule has 124 valence electrons. The van der Waals surface area contributed by atoms with E-state index in [4.69, 9.17) is 0 Å². The smallest absolute Gasteiger partial charge is 0.266 e. The fourth-order valence-electron chi connectivity index (χ4n) is 2.28. The highest BCUT2D eigenvalue weighted by Gasteiger charge is 2.24. The van der Waals surface area contributed by atoms with Gasteiger partial charge in [-0.25, -0.2) is 18.4 Å². The Hall–Kier alpha value is -1.96. The van der Waals surface area contributed by atoms with Crippen molar-refractivity contribution in [2.45, 2.75) is 56.4 Å². The highest BCUT2D eigenvalue weighted by atomic mass is 32.2. The number of anilines is 1. The third-order valence-electron chi connectivity index (χ3n) is 3.90. The molecule has 0 amide bonds. The second-order valence-corrected chi connectivity index (χ2v) is 8.54. The SMILES string of the molecule is CC(C)(C)c1nccc(NS(=O)(=O)c2cnn(C3CCC3)c2)n1. The van der Waals surface area contributed by atoms with Gasteiger partial charge in [-0.1, -0.05) is 20.8 Å². The summed E-state index contributed by atoms with van der Waals surface area (Å²) in [5.74, 6) is 0.851. The van der Waals surface area contributed by atoms with Gasteiger partial charge in [0.2, 0.25) is 0 Å². The van der Waals surface area contributed by atoms with Gasteiger partial charge in [-0.05, 0) is 25.3 Å². The topological polar surface area (TPSA) is 89.8 Å². The lowest BCUT2D eigenvalue weighted by atomic mass is 9.93. The Bertz CT molecular complexity index is 803. The minimum Gasteiger partial charge on any atom is -0.268 e. The van der Waals surface area contributed by atoms with Crippen molar-refractivity contribution >= 4 is 15.8 Å². The summed E-state index contributed by atoms with van der Waals surface area (Å²) in [7, 11) is -3.70. The maximum atomic E-state index is 12.5. The number of rotatable bonds is 4. The van der Waals surface area contributed by atoms with Crippen molar-refractivity contribution in [1.29, 1.82) is 0 Å². The highest BCUT2D eigenvalue weighted by Crippen LogP contribution is 2.31. The molecule has 0 unspecified atom stereocenters. The van der Waals surface area contributed by atoms with Crippen LogP contribution < -0.4 is 4.72 Å². The zero-order valence-electron chi connectivity index (χ0n) is 13.5. The van der Waals surface area contributed by atoms with Crippen LogP contribution in [0, 0.1) is 0 Å². The molecule has 2 aromatic rings. The van der Waals surface area contributed by atoms with Gasteiger partial charge in [-0.3, -0.25) is 9.40 Å². The molecule has 1 aliphatic carbocycles. The van der Waals surface area contributed by atoms with Crippen molar-refractivity contribution in [3.8, 4) is 0 Å². The number of nitrogens with zero attached hydrogens (tertiary/aromatic N) is 4. The van der Waals surface area contributed by atoms with Crippen LogP contribution in [0.2, 0.25) is 0 Å². The Labute approximate surface area is 136 Å². The van der Waals surface area contributed by atoms with Crippen LogP contribution in [0.15, 0.2) is 29.6 Å². The van der Waals surface area contributed by atoms with Gasteiger partial charge in [-0.2, -0.15) is 5.10 Å². The maximum Gasteiger partial charge on any atom is 0.266 e. The van der Waals surface area contributed by atoms with Crippen molar-refractivity contribution in [3.63, 3.8) is 0 Å². The fourth-order valence-corrected chi connectivity index (χ4v) is 3.22. The van der Waals surface area contributed by atoms with E-state index in [9.17, 15) is 8.42 Å². The lowest BCUT2D eigenvalue weighted by molar-refractivity contribution is 0.289. The molecular weight excluding hydrogens is 314 g/mol. The molecule has 0 saturated heterocycles. The van der Waals surface area contributed by atoms with Gasteiger partial charge in [-0.15, -0.1) is 0 Å². The van der Waals surface area contributed by atoms with E-state index < -0.39 is 10.0 Å². The lowest BCUT2D eigenvalue weighted by Crippen LogP contribution is -2.19. The second-order valence-electron chi connectivity index (χ2n) is 6.86. The summed E-state index contributed by atoms with van der Waals surface area (Å²) in [5.41, 5.74) is -0.253. The summed E-state index contributed by atoms with van der Waals surface area (Å²) in [6.45, 7) is 5.93. The van der Waals surface area contributed by atoms with Crippen LogP contribution in [0.1, 0.15) is 51.9 Å². The minimum absolute atomic E-state index is 0.153. The van der Waals surface area contributed by atoms with Gasteiger partial charge in [0.25, 0.3) is 10.0 Å². The Morgan fingerprint density at radius 3 is 2.65 bits per heavy atom. The molecule has 0 aliphatic heterocycles. The first-order valence-corrected chi connectivity index (χ1v) is 9.14. The summed E-state index contributed by atoms with van der Waals surface area (Å²) >= 11 is 0. The minimum atomic E-state index is -3.70. The van der Waals surface area contributed by atoms with Gasteiger partial charge in [0.1, 0.15) is 16.5 Å². The first-order valence-electron chi connectivity index (χ1n) is 7.66. The molecule has 2 aromatic heterocycles. The van der Waals surface area contributed by atoms with E-state index in [-0.39, 0.29) is 16.1 Å². The van der Waals surface area contributed by atoms with Crippen LogP contribution in [0.3, 0.4) is 0 Å². The molecule has 1 aliphatic rings. The van der Waals surface area contributed by atoms with E-state index in [1.807, 2.05) is 20.8 Å². The van der Waals surface area contributed by atoms with E-state index in [2.05, 4.69) is 19.8 Å². The number of nitrogens with one attached hydrogen (secondary N) is 1. The van der Waals surface area contributed by atoms with Gasteiger partial charge in [0.05, 0.1) is 12.2 Å².